The Hall–Kier alpha value is -2.24. The minimum Gasteiger partial charge on any atom is -0.495 e. The highest BCUT2D eigenvalue weighted by atomic mass is 16.5. The van der Waals surface area contributed by atoms with Crippen molar-refractivity contribution in [3.63, 3.8) is 0 Å². The molecule has 126 valence electrons. The number of ether oxygens (including phenoxy) is 1. The Morgan fingerprint density at radius 1 is 1.22 bits per heavy atom. The third kappa shape index (κ3) is 4.15. The van der Waals surface area contributed by atoms with E-state index in [1.165, 1.54) is 4.90 Å². The lowest BCUT2D eigenvalue weighted by Gasteiger charge is -2.28. The van der Waals surface area contributed by atoms with Crippen molar-refractivity contribution in [3.8, 4) is 5.75 Å². The van der Waals surface area contributed by atoms with Gasteiger partial charge in [-0.2, -0.15) is 0 Å². The molecule has 1 aromatic rings. The number of carboxylic acids is 1. The van der Waals surface area contributed by atoms with Crippen molar-refractivity contribution >= 4 is 17.6 Å². The van der Waals surface area contributed by atoms with Crippen LogP contribution in [0.3, 0.4) is 0 Å². The van der Waals surface area contributed by atoms with E-state index in [2.05, 4.69) is 5.32 Å². The number of anilines is 1. The standard InChI is InChI=1S/C17H24N2O4/c1-19(2)16(20)12-6-9-15(23-3)14(10-12)18-13-7-4-11(5-8-13)17(21)22/h6,9-11,13,18H,4-5,7-8H2,1-3H3,(H,21,22). The van der Waals surface area contributed by atoms with E-state index in [1.54, 1.807) is 39.4 Å². The smallest absolute Gasteiger partial charge is 0.306 e. The molecular weight excluding hydrogens is 296 g/mol. The molecule has 1 aliphatic carbocycles. The molecule has 0 aromatic heterocycles. The molecule has 2 rings (SSSR count). The van der Waals surface area contributed by atoms with E-state index < -0.39 is 5.97 Å². The monoisotopic (exact) mass is 320 g/mol. The number of nitrogens with one attached hydrogen (secondary N) is 1. The first-order valence-corrected chi connectivity index (χ1v) is 7.81. The van der Waals surface area contributed by atoms with Gasteiger partial charge in [0.05, 0.1) is 18.7 Å². The number of amides is 1. The number of rotatable bonds is 5. The zero-order chi connectivity index (χ0) is 17.0. The molecule has 1 saturated carbocycles. The SMILES string of the molecule is COc1ccc(C(=O)N(C)C)cc1NC1CCC(C(=O)O)CC1. The van der Waals surface area contributed by atoms with Crippen molar-refractivity contribution < 1.29 is 19.4 Å². The molecule has 0 spiro atoms. The van der Waals surface area contributed by atoms with Crippen LogP contribution in [0.1, 0.15) is 36.0 Å². The van der Waals surface area contributed by atoms with Crippen LogP contribution in [0.25, 0.3) is 0 Å². The molecule has 6 heteroatoms. The van der Waals surface area contributed by atoms with E-state index in [4.69, 9.17) is 9.84 Å². The summed E-state index contributed by atoms with van der Waals surface area (Å²) in [6.45, 7) is 0. The molecule has 0 radical (unpaired) electrons. The minimum atomic E-state index is -0.709. The second-order valence-electron chi connectivity index (χ2n) is 6.15. The highest BCUT2D eigenvalue weighted by molar-refractivity contribution is 5.95. The van der Waals surface area contributed by atoms with E-state index in [-0.39, 0.29) is 17.9 Å². The van der Waals surface area contributed by atoms with Gasteiger partial charge in [-0.25, -0.2) is 0 Å². The molecule has 6 nitrogen and oxygen atoms in total. The molecule has 1 aliphatic rings. The van der Waals surface area contributed by atoms with Gasteiger partial charge in [-0.05, 0) is 43.9 Å². The van der Waals surface area contributed by atoms with Crippen LogP contribution in [0.4, 0.5) is 5.69 Å². The third-order valence-electron chi connectivity index (χ3n) is 4.29. The minimum absolute atomic E-state index is 0.0645. The largest absolute Gasteiger partial charge is 0.495 e. The quantitative estimate of drug-likeness (QED) is 0.871. The fraction of sp³-hybridized carbons (Fsp3) is 0.529. The Morgan fingerprint density at radius 2 is 1.87 bits per heavy atom. The molecule has 23 heavy (non-hydrogen) atoms. The molecule has 1 fully saturated rings. The average molecular weight is 320 g/mol. The van der Waals surface area contributed by atoms with Crippen LogP contribution in [0.2, 0.25) is 0 Å². The summed E-state index contributed by atoms with van der Waals surface area (Å²) in [5.41, 5.74) is 1.37. The fourth-order valence-corrected chi connectivity index (χ4v) is 2.92. The van der Waals surface area contributed by atoms with Gasteiger partial charge in [0.2, 0.25) is 0 Å². The number of methoxy groups -OCH3 is 1. The Kier molecular flexibility index (Phi) is 5.47. The molecule has 0 unspecified atom stereocenters. The summed E-state index contributed by atoms with van der Waals surface area (Å²) in [7, 11) is 5.02. The number of carbonyl (C=O) groups excluding carboxylic acids is 1. The highest BCUT2D eigenvalue weighted by Gasteiger charge is 2.26. The fourth-order valence-electron chi connectivity index (χ4n) is 2.92. The first-order chi connectivity index (χ1) is 10.9. The molecule has 0 atom stereocenters. The summed E-state index contributed by atoms with van der Waals surface area (Å²) in [5, 5.41) is 12.5. The van der Waals surface area contributed by atoms with E-state index in [0.717, 1.165) is 18.5 Å². The Bertz CT molecular complexity index is 578. The number of nitrogens with zero attached hydrogens (tertiary/aromatic N) is 1. The lowest BCUT2D eigenvalue weighted by Crippen LogP contribution is -2.29. The molecule has 2 N–H and O–H groups in total. The van der Waals surface area contributed by atoms with Gasteiger partial charge in [-0.3, -0.25) is 9.59 Å². The highest BCUT2D eigenvalue weighted by Crippen LogP contribution is 2.31. The van der Waals surface area contributed by atoms with Crippen molar-refractivity contribution in [1.82, 2.24) is 4.90 Å². The maximum absolute atomic E-state index is 12.1. The summed E-state index contributed by atoms with van der Waals surface area (Å²) in [6, 6.07) is 5.52. The van der Waals surface area contributed by atoms with Gasteiger partial charge in [-0.15, -0.1) is 0 Å². The lowest BCUT2D eigenvalue weighted by atomic mass is 9.86. The van der Waals surface area contributed by atoms with E-state index >= 15 is 0 Å². The van der Waals surface area contributed by atoms with Crippen molar-refractivity contribution in [2.24, 2.45) is 5.92 Å². The van der Waals surface area contributed by atoms with Crippen LogP contribution in [-0.2, 0) is 4.79 Å². The van der Waals surface area contributed by atoms with Gasteiger partial charge < -0.3 is 20.1 Å². The number of carbonyl (C=O) groups is 2. The van der Waals surface area contributed by atoms with Crippen molar-refractivity contribution in [2.75, 3.05) is 26.5 Å². The zero-order valence-electron chi connectivity index (χ0n) is 13.8. The summed E-state index contributed by atoms with van der Waals surface area (Å²) < 4.78 is 5.36. The number of aliphatic carboxylic acids is 1. The van der Waals surface area contributed by atoms with Crippen molar-refractivity contribution in [2.45, 2.75) is 31.7 Å². The maximum Gasteiger partial charge on any atom is 0.306 e. The number of hydrogen-bond acceptors (Lipinski definition) is 4. The Morgan fingerprint density at radius 3 is 2.39 bits per heavy atom. The first-order valence-electron chi connectivity index (χ1n) is 7.81. The summed E-state index contributed by atoms with van der Waals surface area (Å²) in [6.07, 6.45) is 2.94. The second-order valence-corrected chi connectivity index (χ2v) is 6.15. The predicted molar refractivity (Wildman–Crippen MR) is 88.0 cm³/mol. The topological polar surface area (TPSA) is 78.9 Å². The Labute approximate surface area is 136 Å². The molecule has 0 heterocycles. The molecule has 1 aromatic carbocycles. The first kappa shape index (κ1) is 17.1. The average Bonchev–Trinajstić information content (AvgIpc) is 2.54. The van der Waals surface area contributed by atoms with Gasteiger partial charge in [0.25, 0.3) is 5.91 Å². The van der Waals surface area contributed by atoms with Crippen LogP contribution in [0.15, 0.2) is 18.2 Å². The normalized spacial score (nSPS) is 20.7. The summed E-state index contributed by atoms with van der Waals surface area (Å²) in [4.78, 5) is 24.7. The van der Waals surface area contributed by atoms with E-state index in [1.807, 2.05) is 0 Å². The number of benzene rings is 1. The van der Waals surface area contributed by atoms with Crippen molar-refractivity contribution in [1.29, 1.82) is 0 Å². The van der Waals surface area contributed by atoms with Gasteiger partial charge >= 0.3 is 5.97 Å². The van der Waals surface area contributed by atoms with Gasteiger partial charge in [0.15, 0.2) is 0 Å². The van der Waals surface area contributed by atoms with Crippen LogP contribution < -0.4 is 10.1 Å². The predicted octanol–water partition coefficient (Wildman–Crippen LogP) is 2.45. The van der Waals surface area contributed by atoms with Gasteiger partial charge in [-0.1, -0.05) is 0 Å². The molecule has 0 saturated heterocycles. The van der Waals surface area contributed by atoms with Gasteiger partial charge in [0, 0.05) is 25.7 Å². The Balaban J connectivity index is 2.11. The van der Waals surface area contributed by atoms with Crippen molar-refractivity contribution in [3.05, 3.63) is 23.8 Å². The molecule has 0 bridgehead atoms. The lowest BCUT2D eigenvalue weighted by molar-refractivity contribution is -0.142. The molecular formula is C17H24N2O4. The summed E-state index contributed by atoms with van der Waals surface area (Å²) >= 11 is 0. The zero-order valence-corrected chi connectivity index (χ0v) is 13.8. The molecule has 0 aliphatic heterocycles. The van der Waals surface area contributed by atoms with Crippen LogP contribution >= 0.6 is 0 Å². The van der Waals surface area contributed by atoms with E-state index in [9.17, 15) is 9.59 Å². The second kappa shape index (κ2) is 7.35. The van der Waals surface area contributed by atoms with Crippen LogP contribution in [0, 0.1) is 5.92 Å². The van der Waals surface area contributed by atoms with Crippen LogP contribution in [-0.4, -0.2) is 49.1 Å². The number of carboxylic acid groups (broad SMARTS) is 1. The summed E-state index contributed by atoms with van der Waals surface area (Å²) in [5.74, 6) is -0.331. The molecule has 1 amide bonds. The number of hydrogen-bond donors (Lipinski definition) is 2. The maximum atomic E-state index is 12.1. The van der Waals surface area contributed by atoms with E-state index in [0.29, 0.717) is 24.2 Å². The third-order valence-corrected chi connectivity index (χ3v) is 4.29. The van der Waals surface area contributed by atoms with Gasteiger partial charge in [0.1, 0.15) is 5.75 Å². The van der Waals surface area contributed by atoms with Crippen LogP contribution in [0.5, 0.6) is 5.75 Å².